The Morgan fingerprint density at radius 3 is 2.62 bits per heavy atom. The molecule has 0 amide bonds. The van der Waals surface area contributed by atoms with E-state index in [-0.39, 0.29) is 0 Å². The van der Waals surface area contributed by atoms with E-state index in [1.54, 1.807) is 12.6 Å². The van der Waals surface area contributed by atoms with Crippen LogP contribution in [0.15, 0.2) is 41.8 Å². The molecule has 2 heterocycles. The van der Waals surface area contributed by atoms with E-state index in [9.17, 15) is 4.21 Å². The lowest BCUT2D eigenvalue weighted by atomic mass is 9.90. The highest BCUT2D eigenvalue weighted by atomic mass is 32.2. The molecule has 0 spiro atoms. The first-order valence-electron chi connectivity index (χ1n) is 8.70. The highest BCUT2D eigenvalue weighted by Crippen LogP contribution is 2.21. The van der Waals surface area contributed by atoms with Gasteiger partial charge in [-0.2, -0.15) is 0 Å². The van der Waals surface area contributed by atoms with Crippen LogP contribution in [-0.4, -0.2) is 49.8 Å². The zero-order valence-corrected chi connectivity index (χ0v) is 15.1. The standard InChI is InChI=1S/C18H26N4OS/c1-24(23)18-20-19-15-22(18)11-5-10-21-12-8-17(9-13-21)14-16-6-3-2-4-7-16/h2-4,6-7,15,17H,5,8-14H2,1H3. The number of benzene rings is 1. The molecular weight excluding hydrogens is 320 g/mol. The van der Waals surface area contributed by atoms with Crippen LogP contribution in [-0.2, 0) is 23.8 Å². The molecular formula is C18H26N4OS. The lowest BCUT2D eigenvalue weighted by molar-refractivity contribution is 0.179. The molecule has 0 bridgehead atoms. The van der Waals surface area contributed by atoms with Crippen molar-refractivity contribution in [3.05, 3.63) is 42.2 Å². The zero-order chi connectivity index (χ0) is 16.8. The molecule has 0 saturated carbocycles. The normalized spacial score (nSPS) is 17.9. The van der Waals surface area contributed by atoms with Gasteiger partial charge in [-0.05, 0) is 56.8 Å². The summed E-state index contributed by atoms with van der Waals surface area (Å²) in [5.74, 6) is 0.815. The summed E-state index contributed by atoms with van der Waals surface area (Å²) in [6.07, 6.45) is 8.16. The predicted molar refractivity (Wildman–Crippen MR) is 96.3 cm³/mol. The molecule has 24 heavy (non-hydrogen) atoms. The minimum Gasteiger partial charge on any atom is -0.307 e. The number of hydrogen-bond acceptors (Lipinski definition) is 4. The second kappa shape index (κ2) is 8.53. The number of hydrogen-bond donors (Lipinski definition) is 0. The second-order valence-corrected chi connectivity index (χ2v) is 7.86. The lowest BCUT2D eigenvalue weighted by Crippen LogP contribution is -2.35. The Kier molecular flexibility index (Phi) is 6.15. The van der Waals surface area contributed by atoms with E-state index in [2.05, 4.69) is 45.4 Å². The van der Waals surface area contributed by atoms with Crippen LogP contribution in [0.2, 0.25) is 0 Å². The largest absolute Gasteiger partial charge is 0.307 e. The van der Waals surface area contributed by atoms with Crippen molar-refractivity contribution in [2.45, 2.75) is 37.4 Å². The third-order valence-corrected chi connectivity index (χ3v) is 5.62. The maximum absolute atomic E-state index is 11.6. The Hall–Kier alpha value is -1.53. The predicted octanol–water partition coefficient (Wildman–Crippen LogP) is 2.36. The summed E-state index contributed by atoms with van der Waals surface area (Å²) in [7, 11) is -1.07. The van der Waals surface area contributed by atoms with Gasteiger partial charge in [-0.3, -0.25) is 4.21 Å². The smallest absolute Gasteiger partial charge is 0.221 e. The molecule has 1 aliphatic heterocycles. The number of aryl methyl sites for hydroxylation is 1. The summed E-state index contributed by atoms with van der Waals surface area (Å²) in [5, 5.41) is 8.38. The maximum Gasteiger partial charge on any atom is 0.221 e. The van der Waals surface area contributed by atoms with Crippen molar-refractivity contribution in [3.8, 4) is 0 Å². The second-order valence-electron chi connectivity index (χ2n) is 6.59. The minimum atomic E-state index is -1.07. The van der Waals surface area contributed by atoms with Crippen LogP contribution in [0.4, 0.5) is 0 Å². The molecule has 5 nitrogen and oxygen atoms in total. The van der Waals surface area contributed by atoms with Gasteiger partial charge < -0.3 is 9.47 Å². The highest BCUT2D eigenvalue weighted by Gasteiger charge is 2.19. The fourth-order valence-electron chi connectivity index (χ4n) is 3.45. The van der Waals surface area contributed by atoms with E-state index in [1.165, 1.54) is 37.9 Å². The van der Waals surface area contributed by atoms with E-state index in [0.717, 1.165) is 25.4 Å². The van der Waals surface area contributed by atoms with Crippen molar-refractivity contribution in [1.29, 1.82) is 0 Å². The van der Waals surface area contributed by atoms with Gasteiger partial charge in [0.25, 0.3) is 0 Å². The Balaban J connectivity index is 1.38. The van der Waals surface area contributed by atoms with Gasteiger partial charge in [0, 0.05) is 12.8 Å². The minimum absolute atomic E-state index is 0.580. The van der Waals surface area contributed by atoms with Crippen LogP contribution in [0, 0.1) is 5.92 Å². The first-order valence-corrected chi connectivity index (χ1v) is 10.3. The molecule has 1 aromatic heterocycles. The molecule has 1 aliphatic rings. The van der Waals surface area contributed by atoms with E-state index < -0.39 is 10.8 Å². The van der Waals surface area contributed by atoms with E-state index in [4.69, 9.17) is 0 Å². The van der Waals surface area contributed by atoms with E-state index >= 15 is 0 Å². The molecule has 1 fully saturated rings. The highest BCUT2D eigenvalue weighted by molar-refractivity contribution is 7.84. The number of rotatable bonds is 7. The van der Waals surface area contributed by atoms with Crippen LogP contribution in [0.5, 0.6) is 0 Å². The lowest BCUT2D eigenvalue weighted by Gasteiger charge is -2.32. The van der Waals surface area contributed by atoms with Crippen LogP contribution < -0.4 is 0 Å². The van der Waals surface area contributed by atoms with Crippen molar-refractivity contribution >= 4 is 10.8 Å². The molecule has 6 heteroatoms. The van der Waals surface area contributed by atoms with E-state index in [0.29, 0.717) is 5.16 Å². The summed E-state index contributed by atoms with van der Waals surface area (Å²) < 4.78 is 13.5. The maximum atomic E-state index is 11.6. The first kappa shape index (κ1) is 17.3. The number of likely N-dealkylation sites (tertiary alicyclic amines) is 1. The monoisotopic (exact) mass is 346 g/mol. The molecule has 3 rings (SSSR count). The van der Waals surface area contributed by atoms with Crippen molar-refractivity contribution in [3.63, 3.8) is 0 Å². The Morgan fingerprint density at radius 2 is 1.92 bits per heavy atom. The van der Waals surface area contributed by atoms with Gasteiger partial charge in [-0.25, -0.2) is 0 Å². The summed E-state index contributed by atoms with van der Waals surface area (Å²) in [6, 6.07) is 10.8. The number of piperidine rings is 1. The van der Waals surface area contributed by atoms with Crippen LogP contribution in [0.1, 0.15) is 24.8 Å². The van der Waals surface area contributed by atoms with Crippen molar-refractivity contribution in [2.75, 3.05) is 25.9 Å². The van der Waals surface area contributed by atoms with Crippen LogP contribution >= 0.6 is 0 Å². The molecule has 1 unspecified atom stereocenters. The van der Waals surface area contributed by atoms with E-state index in [1.807, 2.05) is 4.57 Å². The van der Waals surface area contributed by atoms with Gasteiger partial charge >= 0.3 is 0 Å². The van der Waals surface area contributed by atoms with Gasteiger partial charge in [-0.1, -0.05) is 30.3 Å². The van der Waals surface area contributed by atoms with Crippen LogP contribution in [0.25, 0.3) is 0 Å². The molecule has 0 N–H and O–H groups in total. The third-order valence-electron chi connectivity index (χ3n) is 4.78. The van der Waals surface area contributed by atoms with Crippen molar-refractivity contribution in [1.82, 2.24) is 19.7 Å². The Bertz CT molecular complexity index is 650. The number of nitrogens with zero attached hydrogens (tertiary/aromatic N) is 4. The summed E-state index contributed by atoms with van der Waals surface area (Å²) in [5.41, 5.74) is 1.46. The van der Waals surface area contributed by atoms with Gasteiger partial charge in [0.15, 0.2) is 0 Å². The first-order chi connectivity index (χ1) is 11.7. The molecule has 0 radical (unpaired) electrons. The van der Waals surface area contributed by atoms with Gasteiger partial charge in [0.05, 0.1) is 10.8 Å². The SMILES string of the molecule is CS(=O)c1nncn1CCCN1CCC(Cc2ccccc2)CC1. The van der Waals surface area contributed by atoms with Gasteiger partial charge in [0.2, 0.25) is 5.16 Å². The molecule has 130 valence electrons. The molecule has 1 saturated heterocycles. The topological polar surface area (TPSA) is 51.0 Å². The fourth-order valence-corrected chi connectivity index (χ4v) is 4.08. The van der Waals surface area contributed by atoms with Crippen LogP contribution in [0.3, 0.4) is 0 Å². The third kappa shape index (κ3) is 4.74. The molecule has 0 aliphatic carbocycles. The summed E-state index contributed by atoms with van der Waals surface area (Å²) in [4.78, 5) is 2.55. The average Bonchev–Trinajstić information content (AvgIpc) is 3.06. The average molecular weight is 347 g/mol. The Morgan fingerprint density at radius 1 is 1.17 bits per heavy atom. The van der Waals surface area contributed by atoms with Crippen molar-refractivity contribution in [2.24, 2.45) is 5.92 Å². The summed E-state index contributed by atoms with van der Waals surface area (Å²) in [6.45, 7) is 4.30. The quantitative estimate of drug-likeness (QED) is 0.772. The van der Waals surface area contributed by atoms with Crippen molar-refractivity contribution < 1.29 is 4.21 Å². The Labute approximate surface area is 146 Å². The van der Waals surface area contributed by atoms with Gasteiger partial charge in [0.1, 0.15) is 6.33 Å². The fraction of sp³-hybridized carbons (Fsp3) is 0.556. The molecule has 1 atom stereocenters. The zero-order valence-electron chi connectivity index (χ0n) is 14.3. The summed E-state index contributed by atoms with van der Waals surface area (Å²) >= 11 is 0. The molecule has 1 aromatic carbocycles. The number of aromatic nitrogens is 3. The molecule has 2 aromatic rings. The van der Waals surface area contributed by atoms with Gasteiger partial charge in [-0.15, -0.1) is 10.2 Å².